The SMILES string of the molecule is CNc1cc(Cl)c(Cc2nc(-c3ccc4c(c3)CCCC4)cs2)cc1C. The molecular formula is C22H23ClN2S. The highest BCUT2D eigenvalue weighted by molar-refractivity contribution is 7.10. The molecule has 0 saturated carbocycles. The first kappa shape index (κ1) is 17.6. The van der Waals surface area contributed by atoms with Crippen LogP contribution < -0.4 is 5.32 Å². The molecule has 1 aromatic heterocycles. The molecule has 0 aliphatic heterocycles. The monoisotopic (exact) mass is 382 g/mol. The van der Waals surface area contributed by atoms with Crippen molar-refractivity contribution in [2.45, 2.75) is 39.0 Å². The molecule has 26 heavy (non-hydrogen) atoms. The summed E-state index contributed by atoms with van der Waals surface area (Å²) in [7, 11) is 1.92. The summed E-state index contributed by atoms with van der Waals surface area (Å²) in [4.78, 5) is 4.88. The van der Waals surface area contributed by atoms with Crippen molar-refractivity contribution >= 4 is 28.6 Å². The number of rotatable bonds is 4. The van der Waals surface area contributed by atoms with Crippen molar-refractivity contribution in [1.82, 2.24) is 4.98 Å². The van der Waals surface area contributed by atoms with Gasteiger partial charge in [0.25, 0.3) is 0 Å². The van der Waals surface area contributed by atoms with Crippen molar-refractivity contribution in [3.05, 3.63) is 68.0 Å². The highest BCUT2D eigenvalue weighted by Crippen LogP contribution is 2.31. The predicted molar refractivity (Wildman–Crippen MR) is 113 cm³/mol. The van der Waals surface area contributed by atoms with E-state index in [1.165, 1.54) is 47.9 Å². The van der Waals surface area contributed by atoms with Crippen LogP contribution in [0, 0.1) is 6.92 Å². The second-order valence-electron chi connectivity index (χ2n) is 7.00. The Bertz CT molecular complexity index is 945. The summed E-state index contributed by atoms with van der Waals surface area (Å²) in [6.07, 6.45) is 5.82. The molecule has 3 aromatic rings. The van der Waals surface area contributed by atoms with Crippen LogP contribution in [0.15, 0.2) is 35.7 Å². The van der Waals surface area contributed by atoms with E-state index in [-0.39, 0.29) is 0 Å². The fourth-order valence-electron chi connectivity index (χ4n) is 3.73. The molecule has 4 rings (SSSR count). The lowest BCUT2D eigenvalue weighted by Crippen LogP contribution is -2.02. The van der Waals surface area contributed by atoms with Gasteiger partial charge < -0.3 is 5.32 Å². The fraction of sp³-hybridized carbons (Fsp3) is 0.318. The number of aryl methyl sites for hydroxylation is 3. The fourth-order valence-corrected chi connectivity index (χ4v) is 4.78. The summed E-state index contributed by atoms with van der Waals surface area (Å²) in [5, 5.41) is 7.25. The van der Waals surface area contributed by atoms with E-state index >= 15 is 0 Å². The van der Waals surface area contributed by atoms with Gasteiger partial charge in [-0.3, -0.25) is 0 Å². The van der Waals surface area contributed by atoms with E-state index in [1.54, 1.807) is 11.3 Å². The van der Waals surface area contributed by atoms with Crippen LogP contribution in [-0.4, -0.2) is 12.0 Å². The Morgan fingerprint density at radius 3 is 2.73 bits per heavy atom. The molecule has 4 heteroatoms. The van der Waals surface area contributed by atoms with E-state index < -0.39 is 0 Å². The van der Waals surface area contributed by atoms with E-state index in [0.717, 1.165) is 33.4 Å². The molecule has 1 heterocycles. The third-order valence-corrected chi connectivity index (χ3v) is 6.40. The van der Waals surface area contributed by atoms with Crippen molar-refractivity contribution in [3.8, 4) is 11.3 Å². The summed E-state index contributed by atoms with van der Waals surface area (Å²) in [5.74, 6) is 0. The number of thiazole rings is 1. The normalized spacial score (nSPS) is 13.5. The number of halogens is 1. The van der Waals surface area contributed by atoms with Crippen molar-refractivity contribution < 1.29 is 0 Å². The van der Waals surface area contributed by atoms with E-state index in [1.807, 2.05) is 13.1 Å². The number of nitrogens with zero attached hydrogens (tertiary/aromatic N) is 1. The Morgan fingerprint density at radius 2 is 1.92 bits per heavy atom. The van der Waals surface area contributed by atoms with Crippen molar-refractivity contribution in [2.75, 3.05) is 12.4 Å². The first-order valence-electron chi connectivity index (χ1n) is 9.17. The molecule has 1 N–H and O–H groups in total. The van der Waals surface area contributed by atoms with Gasteiger partial charge in [0, 0.05) is 35.1 Å². The van der Waals surface area contributed by atoms with Gasteiger partial charge >= 0.3 is 0 Å². The average molecular weight is 383 g/mol. The van der Waals surface area contributed by atoms with Crippen LogP contribution >= 0.6 is 22.9 Å². The molecule has 2 aromatic carbocycles. The number of hydrogen-bond acceptors (Lipinski definition) is 3. The molecule has 2 nitrogen and oxygen atoms in total. The molecule has 0 atom stereocenters. The average Bonchev–Trinajstić information content (AvgIpc) is 3.12. The Labute approximate surface area is 164 Å². The molecule has 0 spiro atoms. The minimum atomic E-state index is 0.777. The topological polar surface area (TPSA) is 24.9 Å². The zero-order valence-corrected chi connectivity index (χ0v) is 16.8. The minimum absolute atomic E-state index is 0.777. The van der Waals surface area contributed by atoms with E-state index in [9.17, 15) is 0 Å². The van der Waals surface area contributed by atoms with Gasteiger partial charge in [-0.25, -0.2) is 4.98 Å². The predicted octanol–water partition coefficient (Wildman–Crippen LogP) is 6.28. The van der Waals surface area contributed by atoms with Gasteiger partial charge in [-0.1, -0.05) is 29.8 Å². The Balaban J connectivity index is 1.58. The molecule has 0 radical (unpaired) electrons. The number of fused-ring (bicyclic) bond motifs is 1. The van der Waals surface area contributed by atoms with Gasteiger partial charge in [-0.05, 0) is 67.0 Å². The lowest BCUT2D eigenvalue weighted by molar-refractivity contribution is 0.686. The Morgan fingerprint density at radius 1 is 1.12 bits per heavy atom. The number of anilines is 1. The molecule has 0 unspecified atom stereocenters. The quantitative estimate of drug-likeness (QED) is 0.574. The molecule has 134 valence electrons. The van der Waals surface area contributed by atoms with Crippen LogP contribution in [0.5, 0.6) is 0 Å². The second-order valence-corrected chi connectivity index (χ2v) is 8.35. The largest absolute Gasteiger partial charge is 0.388 e. The lowest BCUT2D eigenvalue weighted by Gasteiger charge is -2.16. The Kier molecular flexibility index (Phi) is 5.01. The third-order valence-electron chi connectivity index (χ3n) is 5.20. The standard InChI is InChI=1S/C22H23ClN2S/c1-14-9-18(19(23)12-20(14)24-2)11-22-25-21(13-26-22)17-8-7-15-5-3-4-6-16(15)10-17/h7-10,12-13,24H,3-6,11H2,1-2H3. The van der Waals surface area contributed by atoms with Gasteiger partial charge in [0.1, 0.15) is 0 Å². The number of aromatic nitrogens is 1. The molecule has 0 fully saturated rings. The molecular weight excluding hydrogens is 360 g/mol. The Hall–Kier alpha value is -1.84. The lowest BCUT2D eigenvalue weighted by atomic mass is 9.90. The highest BCUT2D eigenvalue weighted by atomic mass is 35.5. The van der Waals surface area contributed by atoms with Gasteiger partial charge in [0.15, 0.2) is 0 Å². The van der Waals surface area contributed by atoms with E-state index in [2.05, 4.69) is 41.9 Å². The summed E-state index contributed by atoms with van der Waals surface area (Å²) in [5.41, 5.74) is 8.76. The highest BCUT2D eigenvalue weighted by Gasteiger charge is 2.13. The van der Waals surface area contributed by atoms with Crippen LogP contribution in [0.1, 0.15) is 40.1 Å². The van der Waals surface area contributed by atoms with Gasteiger partial charge in [0.05, 0.1) is 10.7 Å². The minimum Gasteiger partial charge on any atom is -0.388 e. The smallest absolute Gasteiger partial charge is 0.0977 e. The van der Waals surface area contributed by atoms with Crippen molar-refractivity contribution in [3.63, 3.8) is 0 Å². The van der Waals surface area contributed by atoms with Crippen LogP contribution in [0.25, 0.3) is 11.3 Å². The number of benzene rings is 2. The summed E-state index contributed by atoms with van der Waals surface area (Å²) in [6, 6.07) is 11.0. The van der Waals surface area contributed by atoms with E-state index in [0.29, 0.717) is 0 Å². The molecule has 0 saturated heterocycles. The molecule has 0 amide bonds. The summed E-state index contributed by atoms with van der Waals surface area (Å²) >= 11 is 8.19. The van der Waals surface area contributed by atoms with Crippen LogP contribution in [0.3, 0.4) is 0 Å². The third kappa shape index (κ3) is 3.51. The summed E-state index contributed by atoms with van der Waals surface area (Å²) < 4.78 is 0. The molecule has 0 bridgehead atoms. The first-order valence-corrected chi connectivity index (χ1v) is 10.4. The van der Waals surface area contributed by atoms with Crippen LogP contribution in [0.4, 0.5) is 5.69 Å². The van der Waals surface area contributed by atoms with Crippen molar-refractivity contribution in [1.29, 1.82) is 0 Å². The maximum absolute atomic E-state index is 6.47. The number of nitrogens with one attached hydrogen (secondary N) is 1. The molecule has 1 aliphatic rings. The zero-order chi connectivity index (χ0) is 18.1. The molecule has 1 aliphatic carbocycles. The van der Waals surface area contributed by atoms with Crippen LogP contribution in [0.2, 0.25) is 5.02 Å². The van der Waals surface area contributed by atoms with Crippen LogP contribution in [-0.2, 0) is 19.3 Å². The maximum atomic E-state index is 6.47. The maximum Gasteiger partial charge on any atom is 0.0977 e. The van der Waals surface area contributed by atoms with Gasteiger partial charge in [-0.2, -0.15) is 0 Å². The zero-order valence-electron chi connectivity index (χ0n) is 15.2. The van der Waals surface area contributed by atoms with Crippen molar-refractivity contribution in [2.24, 2.45) is 0 Å². The van der Waals surface area contributed by atoms with Gasteiger partial charge in [0.2, 0.25) is 0 Å². The summed E-state index contributed by atoms with van der Waals surface area (Å²) in [6.45, 7) is 2.10. The van der Waals surface area contributed by atoms with E-state index in [4.69, 9.17) is 16.6 Å². The number of hydrogen-bond donors (Lipinski definition) is 1. The van der Waals surface area contributed by atoms with Gasteiger partial charge in [-0.15, -0.1) is 11.3 Å². The first-order chi connectivity index (χ1) is 12.6. The second kappa shape index (κ2) is 7.42.